The Morgan fingerprint density at radius 2 is 1.83 bits per heavy atom. The summed E-state index contributed by atoms with van der Waals surface area (Å²) in [5, 5.41) is 8.72. The molecule has 0 spiro atoms. The monoisotopic (exact) mass is 355 g/mol. The van der Waals surface area contributed by atoms with Crippen molar-refractivity contribution in [1.29, 1.82) is 0 Å². The van der Waals surface area contributed by atoms with E-state index in [0.29, 0.717) is 0 Å². The van der Waals surface area contributed by atoms with Crippen molar-refractivity contribution in [3.8, 4) is 0 Å². The number of aliphatic carboxylic acids is 1. The smallest absolute Gasteiger partial charge is 0.305 e. The minimum absolute atomic E-state index is 0. The van der Waals surface area contributed by atoms with Gasteiger partial charge in [-0.2, -0.15) is 0 Å². The minimum atomic E-state index is -3.15. The van der Waals surface area contributed by atoms with E-state index in [1.165, 1.54) is 0 Å². The topological polar surface area (TPSA) is 89.9 Å². The van der Waals surface area contributed by atoms with Gasteiger partial charge in [0.05, 0.1) is 24.4 Å². The van der Waals surface area contributed by atoms with Gasteiger partial charge in [0, 0.05) is 45.4 Å². The van der Waals surface area contributed by atoms with Gasteiger partial charge in [0.15, 0.2) is 5.79 Å². The molecule has 1 rings (SSSR count). The fourth-order valence-corrected chi connectivity index (χ4v) is 2.86. The number of carbonyl (C=O) groups is 1. The van der Waals surface area contributed by atoms with Gasteiger partial charge in [-0.05, 0) is 13.8 Å². The molecule has 0 aromatic carbocycles. The summed E-state index contributed by atoms with van der Waals surface area (Å²) in [4.78, 5) is 10.6. The molecule has 6 nitrogen and oxygen atoms in total. The maximum Gasteiger partial charge on any atom is 0.305 e. The van der Waals surface area contributed by atoms with Gasteiger partial charge in [-0.1, -0.05) is 0 Å². The third-order valence-electron chi connectivity index (χ3n) is 2.32. The summed E-state index contributed by atoms with van der Waals surface area (Å²) in [6.45, 7) is 3.30. The van der Waals surface area contributed by atoms with Crippen LogP contribution in [0.1, 0.15) is 26.7 Å². The molecule has 2 atom stereocenters. The van der Waals surface area contributed by atoms with Crippen LogP contribution in [0, 0.1) is 0 Å². The largest absolute Gasteiger partial charge is 0.481 e. The molecular weight excluding hydrogens is 337 g/mol. The zero-order chi connectivity index (χ0) is 13.3. The van der Waals surface area contributed by atoms with Gasteiger partial charge in [0.1, 0.15) is 9.84 Å². The zero-order valence-corrected chi connectivity index (χ0v) is 14.4. The van der Waals surface area contributed by atoms with Crippen molar-refractivity contribution in [3.05, 3.63) is 0 Å². The van der Waals surface area contributed by atoms with Gasteiger partial charge >= 0.3 is 5.97 Å². The number of rotatable bonds is 4. The fraction of sp³-hybridized carbons (Fsp3) is 0.900. The minimum Gasteiger partial charge on any atom is -0.481 e. The van der Waals surface area contributed by atoms with Crippen LogP contribution in [-0.4, -0.2) is 49.5 Å². The standard InChI is InChI=1S/C10H18O6S.Y/c1-10(2)15-7(5-9(11)12)4-8(16-10)6-17(3,13)14;/h7-8H,4-6H2,1-3H3,(H,11,12);/t7-,8+;/m1./s1. The molecule has 0 aromatic rings. The van der Waals surface area contributed by atoms with E-state index in [-0.39, 0.29) is 51.3 Å². The van der Waals surface area contributed by atoms with Gasteiger partial charge in [-0.25, -0.2) is 8.42 Å². The third-order valence-corrected chi connectivity index (χ3v) is 3.29. The molecule has 1 aliphatic heterocycles. The van der Waals surface area contributed by atoms with E-state index >= 15 is 0 Å². The Hall–Kier alpha value is 0.444. The molecule has 1 radical (unpaired) electrons. The Kier molecular flexibility index (Phi) is 6.91. The predicted octanol–water partition coefficient (Wildman–Crippen LogP) is 0.413. The van der Waals surface area contributed by atoms with E-state index < -0.39 is 33.8 Å². The van der Waals surface area contributed by atoms with E-state index in [4.69, 9.17) is 14.6 Å². The van der Waals surface area contributed by atoms with Crippen LogP contribution in [0.3, 0.4) is 0 Å². The molecule has 0 unspecified atom stereocenters. The first kappa shape index (κ1) is 18.4. The van der Waals surface area contributed by atoms with E-state index in [1.807, 2.05) is 0 Å². The number of ether oxygens (including phenoxy) is 2. The molecule has 1 N–H and O–H groups in total. The number of hydrogen-bond acceptors (Lipinski definition) is 5. The van der Waals surface area contributed by atoms with Crippen molar-refractivity contribution in [1.82, 2.24) is 0 Å². The number of carboxylic acids is 1. The van der Waals surface area contributed by atoms with Crippen LogP contribution in [-0.2, 0) is 56.8 Å². The van der Waals surface area contributed by atoms with Crippen molar-refractivity contribution in [2.45, 2.75) is 44.7 Å². The van der Waals surface area contributed by atoms with E-state index in [1.54, 1.807) is 13.8 Å². The summed E-state index contributed by atoms with van der Waals surface area (Å²) in [5.74, 6) is -2.03. The summed E-state index contributed by atoms with van der Waals surface area (Å²) in [5.41, 5.74) is 0. The van der Waals surface area contributed by atoms with E-state index in [0.717, 1.165) is 6.26 Å². The molecule has 1 saturated heterocycles. The van der Waals surface area contributed by atoms with Crippen LogP contribution >= 0.6 is 0 Å². The SMILES string of the molecule is CC1(C)O[C@@H](CC(=O)O)C[C@@H](CS(C)(=O)=O)O1.[Y]. The second kappa shape index (κ2) is 6.75. The summed E-state index contributed by atoms with van der Waals surface area (Å²) in [6, 6.07) is 0. The summed E-state index contributed by atoms with van der Waals surface area (Å²) in [6.07, 6.45) is 0.238. The Morgan fingerprint density at radius 1 is 1.33 bits per heavy atom. The van der Waals surface area contributed by atoms with Crippen LogP contribution in [0.4, 0.5) is 0 Å². The Labute approximate surface area is 132 Å². The van der Waals surface area contributed by atoms with Crippen molar-refractivity contribution >= 4 is 15.8 Å². The molecule has 0 saturated carbocycles. The summed E-state index contributed by atoms with van der Waals surface area (Å²) in [7, 11) is -3.15. The molecule has 8 heteroatoms. The number of carboxylic acid groups (broad SMARTS) is 1. The molecule has 0 amide bonds. The number of sulfone groups is 1. The van der Waals surface area contributed by atoms with Crippen molar-refractivity contribution in [2.24, 2.45) is 0 Å². The van der Waals surface area contributed by atoms with Gasteiger partial charge < -0.3 is 14.6 Å². The van der Waals surface area contributed by atoms with Crippen molar-refractivity contribution < 1.29 is 60.5 Å². The first-order valence-corrected chi connectivity index (χ1v) is 7.38. The molecule has 1 aliphatic rings. The Balaban J connectivity index is 0.00000289. The maximum atomic E-state index is 11.2. The molecular formula is C10H18O6SY. The third kappa shape index (κ3) is 7.14. The maximum absolute atomic E-state index is 11.2. The molecule has 1 heterocycles. The molecule has 0 aliphatic carbocycles. The Morgan fingerprint density at radius 3 is 2.28 bits per heavy atom. The van der Waals surface area contributed by atoms with Gasteiger partial charge in [-0.15, -0.1) is 0 Å². The van der Waals surface area contributed by atoms with Gasteiger partial charge in [0.2, 0.25) is 0 Å². The van der Waals surface area contributed by atoms with Crippen LogP contribution in [0.2, 0.25) is 0 Å². The van der Waals surface area contributed by atoms with Gasteiger partial charge in [-0.3, -0.25) is 4.79 Å². The molecule has 18 heavy (non-hydrogen) atoms. The van der Waals surface area contributed by atoms with Crippen molar-refractivity contribution in [3.63, 3.8) is 0 Å². The van der Waals surface area contributed by atoms with Crippen LogP contribution < -0.4 is 0 Å². The van der Waals surface area contributed by atoms with Crippen LogP contribution in [0.5, 0.6) is 0 Å². The van der Waals surface area contributed by atoms with Crippen LogP contribution in [0.15, 0.2) is 0 Å². The molecule has 1 fully saturated rings. The molecule has 0 aromatic heterocycles. The quantitative estimate of drug-likeness (QED) is 0.786. The number of hydrogen-bond donors (Lipinski definition) is 1. The average Bonchev–Trinajstić information content (AvgIpc) is 1.93. The second-order valence-corrected chi connectivity index (χ2v) is 6.99. The first-order valence-electron chi connectivity index (χ1n) is 5.32. The van der Waals surface area contributed by atoms with E-state index in [9.17, 15) is 13.2 Å². The predicted molar refractivity (Wildman–Crippen MR) is 60.4 cm³/mol. The van der Waals surface area contributed by atoms with Gasteiger partial charge in [0.25, 0.3) is 0 Å². The van der Waals surface area contributed by atoms with E-state index in [2.05, 4.69) is 0 Å². The second-order valence-electron chi connectivity index (χ2n) is 4.81. The molecule has 103 valence electrons. The first-order chi connectivity index (χ1) is 7.57. The van der Waals surface area contributed by atoms with Crippen molar-refractivity contribution in [2.75, 3.05) is 12.0 Å². The summed E-state index contributed by atoms with van der Waals surface area (Å²) >= 11 is 0. The molecule has 0 bridgehead atoms. The normalized spacial score (nSPS) is 27.3. The zero-order valence-electron chi connectivity index (χ0n) is 10.8. The Bertz CT molecular complexity index is 391. The fourth-order valence-electron chi connectivity index (χ4n) is 1.98. The summed E-state index contributed by atoms with van der Waals surface area (Å²) < 4.78 is 33.3. The van der Waals surface area contributed by atoms with Crippen LogP contribution in [0.25, 0.3) is 0 Å². The average molecular weight is 355 g/mol.